The number of nitrogens with two attached hydrogens (primary N) is 1. The maximum Gasteiger partial charge on any atom is 0.170 e. The molecule has 0 aromatic carbocycles. The Morgan fingerprint density at radius 2 is 1.75 bits per heavy atom. The SMILES string of the molecule is CCCc1c(N)noc1C(CCC)CCC. The maximum absolute atomic E-state index is 5.85. The first-order valence-corrected chi connectivity index (χ1v) is 6.48. The minimum Gasteiger partial charge on any atom is -0.381 e. The summed E-state index contributed by atoms with van der Waals surface area (Å²) in [4.78, 5) is 0. The van der Waals surface area contributed by atoms with Crippen molar-refractivity contribution in [2.45, 2.75) is 65.2 Å². The van der Waals surface area contributed by atoms with E-state index in [4.69, 9.17) is 10.3 Å². The summed E-state index contributed by atoms with van der Waals surface area (Å²) in [7, 11) is 0. The molecule has 0 spiro atoms. The fourth-order valence-corrected chi connectivity index (χ4v) is 2.26. The quantitative estimate of drug-likeness (QED) is 0.764. The van der Waals surface area contributed by atoms with Crippen LogP contribution in [-0.2, 0) is 6.42 Å². The van der Waals surface area contributed by atoms with Crippen LogP contribution in [0.25, 0.3) is 0 Å². The Morgan fingerprint density at radius 1 is 1.12 bits per heavy atom. The molecule has 1 rings (SSSR count). The Hall–Kier alpha value is -0.990. The lowest BCUT2D eigenvalue weighted by Gasteiger charge is -2.13. The van der Waals surface area contributed by atoms with Crippen molar-refractivity contribution in [3.63, 3.8) is 0 Å². The van der Waals surface area contributed by atoms with E-state index in [0.29, 0.717) is 11.7 Å². The smallest absolute Gasteiger partial charge is 0.170 e. The second kappa shape index (κ2) is 6.56. The molecule has 0 aliphatic rings. The number of hydrogen-bond acceptors (Lipinski definition) is 3. The highest BCUT2D eigenvalue weighted by Gasteiger charge is 2.21. The van der Waals surface area contributed by atoms with Gasteiger partial charge in [0.1, 0.15) is 5.76 Å². The second-order valence-electron chi connectivity index (χ2n) is 4.43. The topological polar surface area (TPSA) is 52.0 Å². The van der Waals surface area contributed by atoms with E-state index in [2.05, 4.69) is 25.9 Å². The first-order chi connectivity index (χ1) is 7.74. The van der Waals surface area contributed by atoms with Crippen molar-refractivity contribution in [3.05, 3.63) is 11.3 Å². The fraction of sp³-hybridized carbons (Fsp3) is 0.769. The molecule has 0 radical (unpaired) electrons. The Labute approximate surface area is 98.4 Å². The lowest BCUT2D eigenvalue weighted by atomic mass is 9.92. The third-order valence-electron chi connectivity index (χ3n) is 2.99. The molecule has 0 aliphatic heterocycles. The van der Waals surface area contributed by atoms with E-state index in [0.717, 1.165) is 24.2 Å². The largest absolute Gasteiger partial charge is 0.381 e. The van der Waals surface area contributed by atoms with Crippen LogP contribution < -0.4 is 5.73 Å². The number of anilines is 1. The summed E-state index contributed by atoms with van der Waals surface area (Å²) >= 11 is 0. The standard InChI is InChI=1S/C13H24N2O/c1-4-7-10(8-5-2)12-11(9-6-3)13(14)15-16-12/h10H,4-9H2,1-3H3,(H2,14,15). The van der Waals surface area contributed by atoms with Gasteiger partial charge in [-0.25, -0.2) is 0 Å². The summed E-state index contributed by atoms with van der Waals surface area (Å²) in [5.41, 5.74) is 7.00. The number of rotatable bonds is 7. The number of aromatic nitrogens is 1. The molecule has 0 saturated heterocycles. The van der Waals surface area contributed by atoms with Gasteiger partial charge in [-0.3, -0.25) is 0 Å². The van der Waals surface area contributed by atoms with Gasteiger partial charge in [0.2, 0.25) is 0 Å². The zero-order chi connectivity index (χ0) is 12.0. The van der Waals surface area contributed by atoms with Gasteiger partial charge in [0, 0.05) is 11.5 Å². The predicted molar refractivity (Wildman–Crippen MR) is 67.5 cm³/mol. The van der Waals surface area contributed by atoms with Crippen LogP contribution in [0.3, 0.4) is 0 Å². The molecule has 0 aliphatic carbocycles. The molecule has 0 atom stereocenters. The zero-order valence-corrected chi connectivity index (χ0v) is 10.8. The van der Waals surface area contributed by atoms with E-state index < -0.39 is 0 Å². The van der Waals surface area contributed by atoms with Crippen molar-refractivity contribution in [1.29, 1.82) is 0 Å². The molecule has 0 amide bonds. The van der Waals surface area contributed by atoms with Gasteiger partial charge in [-0.1, -0.05) is 45.2 Å². The molecule has 0 bridgehead atoms. The Morgan fingerprint density at radius 3 is 2.25 bits per heavy atom. The summed E-state index contributed by atoms with van der Waals surface area (Å²) in [6.45, 7) is 6.58. The molecule has 1 aromatic heterocycles. The van der Waals surface area contributed by atoms with Crippen molar-refractivity contribution in [3.8, 4) is 0 Å². The van der Waals surface area contributed by atoms with Crippen LogP contribution in [-0.4, -0.2) is 5.16 Å². The first-order valence-electron chi connectivity index (χ1n) is 6.48. The third kappa shape index (κ3) is 3.00. The highest BCUT2D eigenvalue weighted by Crippen LogP contribution is 2.32. The molecule has 0 fully saturated rings. The van der Waals surface area contributed by atoms with Crippen molar-refractivity contribution in [2.24, 2.45) is 0 Å². The van der Waals surface area contributed by atoms with Crippen molar-refractivity contribution >= 4 is 5.82 Å². The molecule has 1 heterocycles. The van der Waals surface area contributed by atoms with Crippen LogP contribution in [0.2, 0.25) is 0 Å². The van der Waals surface area contributed by atoms with Crippen LogP contribution in [0.15, 0.2) is 4.52 Å². The molecule has 1 aromatic rings. The summed E-state index contributed by atoms with van der Waals surface area (Å²) in [5, 5.41) is 3.92. The van der Waals surface area contributed by atoms with Gasteiger partial charge in [0.25, 0.3) is 0 Å². The van der Waals surface area contributed by atoms with E-state index >= 15 is 0 Å². The molecule has 2 N–H and O–H groups in total. The van der Waals surface area contributed by atoms with E-state index in [1.165, 1.54) is 25.7 Å². The molecular weight excluding hydrogens is 200 g/mol. The minimum absolute atomic E-state index is 0.501. The van der Waals surface area contributed by atoms with E-state index in [1.54, 1.807) is 0 Å². The van der Waals surface area contributed by atoms with Crippen LogP contribution in [0, 0.1) is 0 Å². The molecule has 3 heteroatoms. The average molecular weight is 224 g/mol. The zero-order valence-electron chi connectivity index (χ0n) is 10.8. The van der Waals surface area contributed by atoms with Crippen LogP contribution in [0.4, 0.5) is 5.82 Å². The van der Waals surface area contributed by atoms with Gasteiger partial charge < -0.3 is 10.3 Å². The predicted octanol–water partition coefficient (Wildman–Crippen LogP) is 3.89. The Kier molecular flexibility index (Phi) is 5.36. The number of nitrogen functional groups attached to an aromatic ring is 1. The molecule has 16 heavy (non-hydrogen) atoms. The van der Waals surface area contributed by atoms with E-state index in [-0.39, 0.29) is 0 Å². The number of nitrogens with zero attached hydrogens (tertiary/aromatic N) is 1. The second-order valence-corrected chi connectivity index (χ2v) is 4.43. The van der Waals surface area contributed by atoms with Gasteiger partial charge >= 0.3 is 0 Å². The normalized spacial score (nSPS) is 11.2. The third-order valence-corrected chi connectivity index (χ3v) is 2.99. The van der Waals surface area contributed by atoms with Gasteiger partial charge in [-0.2, -0.15) is 0 Å². The highest BCUT2D eigenvalue weighted by molar-refractivity contribution is 5.41. The summed E-state index contributed by atoms with van der Waals surface area (Å²) < 4.78 is 5.44. The van der Waals surface area contributed by atoms with Gasteiger partial charge in [-0.05, 0) is 19.3 Å². The van der Waals surface area contributed by atoms with Crippen molar-refractivity contribution in [2.75, 3.05) is 5.73 Å². The Bertz CT molecular complexity index is 301. The van der Waals surface area contributed by atoms with Crippen molar-refractivity contribution in [1.82, 2.24) is 5.16 Å². The fourth-order valence-electron chi connectivity index (χ4n) is 2.26. The maximum atomic E-state index is 5.85. The van der Waals surface area contributed by atoms with E-state index in [9.17, 15) is 0 Å². The molecule has 3 nitrogen and oxygen atoms in total. The Balaban J connectivity index is 2.89. The van der Waals surface area contributed by atoms with Crippen molar-refractivity contribution < 1.29 is 4.52 Å². The van der Waals surface area contributed by atoms with Gasteiger partial charge in [-0.15, -0.1) is 0 Å². The number of hydrogen-bond donors (Lipinski definition) is 1. The molecule has 0 saturated carbocycles. The molecular formula is C13H24N2O. The lowest BCUT2D eigenvalue weighted by molar-refractivity contribution is 0.343. The van der Waals surface area contributed by atoms with Crippen LogP contribution >= 0.6 is 0 Å². The van der Waals surface area contributed by atoms with E-state index in [1.807, 2.05) is 0 Å². The average Bonchev–Trinajstić information content (AvgIpc) is 2.61. The van der Waals surface area contributed by atoms with Crippen LogP contribution in [0.5, 0.6) is 0 Å². The van der Waals surface area contributed by atoms with Crippen LogP contribution in [0.1, 0.15) is 70.1 Å². The highest BCUT2D eigenvalue weighted by atomic mass is 16.5. The molecule has 92 valence electrons. The first kappa shape index (κ1) is 13.1. The minimum atomic E-state index is 0.501. The lowest BCUT2D eigenvalue weighted by Crippen LogP contribution is -2.02. The monoisotopic (exact) mass is 224 g/mol. The molecule has 0 unspecified atom stereocenters. The summed E-state index contributed by atoms with van der Waals surface area (Å²) in [6, 6.07) is 0. The summed E-state index contributed by atoms with van der Waals surface area (Å²) in [5.74, 6) is 2.14. The summed E-state index contributed by atoms with van der Waals surface area (Å²) in [6.07, 6.45) is 6.75. The van der Waals surface area contributed by atoms with Gasteiger partial charge in [0.15, 0.2) is 5.82 Å². The van der Waals surface area contributed by atoms with Gasteiger partial charge in [0.05, 0.1) is 0 Å².